The van der Waals surface area contributed by atoms with E-state index in [1.165, 1.54) is 6.92 Å². The number of rotatable bonds is 2. The molecule has 0 saturated heterocycles. The van der Waals surface area contributed by atoms with Crippen molar-refractivity contribution in [2.75, 3.05) is 11.9 Å². The van der Waals surface area contributed by atoms with Crippen LogP contribution in [0.5, 0.6) is 0 Å². The fourth-order valence-corrected chi connectivity index (χ4v) is 1.17. The highest BCUT2D eigenvalue weighted by molar-refractivity contribution is 7.80. The van der Waals surface area contributed by atoms with E-state index < -0.39 is 0 Å². The summed E-state index contributed by atoms with van der Waals surface area (Å²) in [6.07, 6.45) is 0. The Morgan fingerprint density at radius 3 is 2.21 bits per heavy atom. The Kier molecular flexibility index (Phi) is 3.19. The molecule has 0 spiro atoms. The highest BCUT2D eigenvalue weighted by Crippen LogP contribution is 2.13. The van der Waals surface area contributed by atoms with E-state index in [4.69, 9.17) is 18.0 Å². The van der Waals surface area contributed by atoms with Crippen molar-refractivity contribution >= 4 is 28.8 Å². The summed E-state index contributed by atoms with van der Waals surface area (Å²) in [5.74, 6) is -0.00641. The van der Waals surface area contributed by atoms with Gasteiger partial charge in [0.05, 0.1) is 0 Å². The van der Waals surface area contributed by atoms with Crippen molar-refractivity contribution in [2.45, 2.75) is 6.92 Å². The lowest BCUT2D eigenvalue weighted by Crippen LogP contribution is -2.22. The van der Waals surface area contributed by atoms with Gasteiger partial charge in [0.1, 0.15) is 4.99 Å². The van der Waals surface area contributed by atoms with Crippen molar-refractivity contribution < 1.29 is 4.79 Å². The van der Waals surface area contributed by atoms with Gasteiger partial charge in [-0.1, -0.05) is 12.2 Å². The van der Waals surface area contributed by atoms with Crippen LogP contribution in [0.4, 0.5) is 5.69 Å². The number of benzene rings is 1. The van der Waals surface area contributed by atoms with Crippen molar-refractivity contribution in [3.05, 3.63) is 29.8 Å². The molecule has 14 heavy (non-hydrogen) atoms. The van der Waals surface area contributed by atoms with Crippen LogP contribution in [0.15, 0.2) is 24.3 Å². The molecule has 0 aromatic heterocycles. The normalized spacial score (nSPS) is 9.57. The number of anilines is 1. The Morgan fingerprint density at radius 2 is 1.86 bits per heavy atom. The fraction of sp³-hybridized carbons (Fsp3) is 0.200. The minimum absolute atomic E-state index is 0.00641. The first kappa shape index (κ1) is 10.7. The zero-order valence-electron chi connectivity index (χ0n) is 8.15. The Labute approximate surface area is 88.5 Å². The maximum Gasteiger partial charge on any atom is 0.223 e. The Morgan fingerprint density at radius 1 is 1.36 bits per heavy atom. The van der Waals surface area contributed by atoms with E-state index in [0.29, 0.717) is 4.99 Å². The number of thiocarbonyl (C=S) groups is 1. The van der Waals surface area contributed by atoms with Gasteiger partial charge < -0.3 is 10.6 Å². The summed E-state index contributed by atoms with van der Waals surface area (Å²) < 4.78 is 0. The summed E-state index contributed by atoms with van der Waals surface area (Å²) in [4.78, 5) is 13.0. The molecule has 0 fully saturated rings. The Hall–Kier alpha value is -1.42. The lowest BCUT2D eigenvalue weighted by molar-refractivity contribution is -0.116. The summed E-state index contributed by atoms with van der Waals surface area (Å²) in [5.41, 5.74) is 7.09. The molecule has 0 atom stereocenters. The Bertz CT molecular complexity index is 359. The largest absolute Gasteiger partial charge is 0.389 e. The monoisotopic (exact) mass is 208 g/mol. The van der Waals surface area contributed by atoms with Crippen LogP contribution in [-0.4, -0.2) is 17.9 Å². The average molecular weight is 208 g/mol. The summed E-state index contributed by atoms with van der Waals surface area (Å²) in [6, 6.07) is 7.24. The van der Waals surface area contributed by atoms with E-state index in [9.17, 15) is 4.79 Å². The predicted octanol–water partition coefficient (Wildman–Crippen LogP) is 1.30. The molecule has 1 amide bonds. The standard InChI is InChI=1S/C10H12N2OS/c1-7(13)12(2)9-5-3-8(4-6-9)10(11)14/h3-6H,1-2H3,(H2,11,14). The lowest BCUT2D eigenvalue weighted by Gasteiger charge is -2.14. The topological polar surface area (TPSA) is 46.3 Å². The lowest BCUT2D eigenvalue weighted by atomic mass is 10.2. The van der Waals surface area contributed by atoms with E-state index in [0.717, 1.165) is 11.3 Å². The van der Waals surface area contributed by atoms with Gasteiger partial charge in [-0.2, -0.15) is 0 Å². The van der Waals surface area contributed by atoms with Crippen LogP contribution in [0.25, 0.3) is 0 Å². The number of carbonyl (C=O) groups excluding carboxylic acids is 1. The number of nitrogens with zero attached hydrogens (tertiary/aromatic N) is 1. The third-order valence-electron chi connectivity index (χ3n) is 2.01. The summed E-state index contributed by atoms with van der Waals surface area (Å²) in [7, 11) is 1.72. The van der Waals surface area contributed by atoms with Crippen LogP contribution < -0.4 is 10.6 Å². The second-order valence-electron chi connectivity index (χ2n) is 2.99. The summed E-state index contributed by atoms with van der Waals surface area (Å²) in [6.45, 7) is 1.52. The first-order valence-corrected chi connectivity index (χ1v) is 4.57. The number of hydrogen-bond acceptors (Lipinski definition) is 2. The molecule has 0 bridgehead atoms. The fourth-order valence-electron chi connectivity index (χ4n) is 1.03. The number of hydrogen-bond donors (Lipinski definition) is 1. The van der Waals surface area contributed by atoms with Crippen molar-refractivity contribution in [3.8, 4) is 0 Å². The molecule has 74 valence electrons. The third kappa shape index (κ3) is 2.29. The third-order valence-corrected chi connectivity index (χ3v) is 2.25. The van der Waals surface area contributed by atoms with E-state index in [1.54, 1.807) is 24.1 Å². The average Bonchev–Trinajstić information content (AvgIpc) is 2.16. The molecule has 1 rings (SSSR count). The highest BCUT2D eigenvalue weighted by Gasteiger charge is 2.04. The van der Waals surface area contributed by atoms with Gasteiger partial charge in [-0.15, -0.1) is 0 Å². The summed E-state index contributed by atoms with van der Waals surface area (Å²) in [5, 5.41) is 0. The quantitative estimate of drug-likeness (QED) is 0.745. The first-order chi connectivity index (χ1) is 6.52. The highest BCUT2D eigenvalue weighted by atomic mass is 32.1. The minimum atomic E-state index is -0.00641. The van der Waals surface area contributed by atoms with Gasteiger partial charge in [-0.3, -0.25) is 4.79 Å². The molecule has 1 aromatic rings. The molecule has 0 saturated carbocycles. The van der Waals surface area contributed by atoms with Gasteiger partial charge in [0.25, 0.3) is 0 Å². The van der Waals surface area contributed by atoms with Crippen LogP contribution in [0.1, 0.15) is 12.5 Å². The van der Waals surface area contributed by atoms with Gasteiger partial charge in [0, 0.05) is 25.2 Å². The van der Waals surface area contributed by atoms with Crippen LogP contribution in [0, 0.1) is 0 Å². The molecular formula is C10H12N2OS. The maximum absolute atomic E-state index is 11.0. The number of amides is 1. The minimum Gasteiger partial charge on any atom is -0.389 e. The molecule has 0 unspecified atom stereocenters. The van der Waals surface area contributed by atoms with Gasteiger partial charge in [0.2, 0.25) is 5.91 Å². The molecule has 0 aliphatic carbocycles. The van der Waals surface area contributed by atoms with Crippen LogP contribution in [0.2, 0.25) is 0 Å². The molecule has 0 radical (unpaired) electrons. The molecule has 1 aromatic carbocycles. The van der Waals surface area contributed by atoms with Gasteiger partial charge in [-0.05, 0) is 24.3 Å². The predicted molar refractivity (Wildman–Crippen MR) is 61.4 cm³/mol. The molecule has 2 N–H and O–H groups in total. The van der Waals surface area contributed by atoms with Crippen LogP contribution in [0.3, 0.4) is 0 Å². The zero-order chi connectivity index (χ0) is 10.7. The molecule has 3 nitrogen and oxygen atoms in total. The maximum atomic E-state index is 11.0. The van der Waals surface area contributed by atoms with Crippen LogP contribution >= 0.6 is 12.2 Å². The smallest absolute Gasteiger partial charge is 0.223 e. The van der Waals surface area contributed by atoms with E-state index in [2.05, 4.69) is 0 Å². The van der Waals surface area contributed by atoms with Gasteiger partial charge in [-0.25, -0.2) is 0 Å². The van der Waals surface area contributed by atoms with E-state index in [1.807, 2.05) is 12.1 Å². The van der Waals surface area contributed by atoms with Crippen molar-refractivity contribution in [1.82, 2.24) is 0 Å². The van der Waals surface area contributed by atoms with E-state index >= 15 is 0 Å². The second-order valence-corrected chi connectivity index (χ2v) is 3.43. The molecule has 0 aliphatic rings. The number of nitrogens with two attached hydrogens (primary N) is 1. The molecular weight excluding hydrogens is 196 g/mol. The van der Waals surface area contributed by atoms with Crippen LogP contribution in [-0.2, 0) is 4.79 Å². The van der Waals surface area contributed by atoms with Gasteiger partial charge >= 0.3 is 0 Å². The SMILES string of the molecule is CC(=O)N(C)c1ccc(C(N)=S)cc1. The van der Waals surface area contributed by atoms with Crippen molar-refractivity contribution in [3.63, 3.8) is 0 Å². The zero-order valence-corrected chi connectivity index (χ0v) is 8.97. The molecule has 0 heterocycles. The second kappa shape index (κ2) is 4.19. The molecule has 0 aliphatic heterocycles. The number of carbonyl (C=O) groups is 1. The first-order valence-electron chi connectivity index (χ1n) is 4.16. The van der Waals surface area contributed by atoms with Gasteiger partial charge in [0.15, 0.2) is 0 Å². The van der Waals surface area contributed by atoms with E-state index in [-0.39, 0.29) is 5.91 Å². The Balaban J connectivity index is 2.94. The molecule has 4 heteroatoms. The van der Waals surface area contributed by atoms with Crippen molar-refractivity contribution in [2.24, 2.45) is 5.73 Å². The van der Waals surface area contributed by atoms with Crippen molar-refractivity contribution in [1.29, 1.82) is 0 Å². The summed E-state index contributed by atoms with van der Waals surface area (Å²) >= 11 is 4.82.